The van der Waals surface area contributed by atoms with E-state index in [-0.39, 0.29) is 18.8 Å². The third kappa shape index (κ3) is 5.41. The number of rotatable bonds is 9. The van der Waals surface area contributed by atoms with Crippen LogP contribution in [0.25, 0.3) is 16.8 Å². The topological polar surface area (TPSA) is 8.81 Å². The molecule has 170 valence electrons. The fourth-order valence-corrected chi connectivity index (χ4v) is 6.23. The first kappa shape index (κ1) is 28.3. The van der Waals surface area contributed by atoms with E-state index in [0.717, 1.165) is 0 Å². The van der Waals surface area contributed by atoms with Crippen molar-refractivity contribution in [2.24, 2.45) is 7.05 Å². The molecule has 2 nitrogen and oxygen atoms in total. The van der Waals surface area contributed by atoms with E-state index in [2.05, 4.69) is 106 Å². The maximum absolute atomic E-state index is 6.44. The number of aromatic nitrogens is 2. The van der Waals surface area contributed by atoms with Crippen molar-refractivity contribution < 1.29 is 4.57 Å². The van der Waals surface area contributed by atoms with Crippen molar-refractivity contribution in [2.45, 2.75) is 58.1 Å². The predicted octanol–water partition coefficient (Wildman–Crippen LogP) is 2.36. The molecule has 10 radical (unpaired) electrons. The highest BCUT2D eigenvalue weighted by atomic mass is 15.1. The molecule has 0 saturated carbocycles. The summed E-state index contributed by atoms with van der Waals surface area (Å²) < 4.78 is 4.63. The lowest BCUT2D eigenvalue weighted by Crippen LogP contribution is -2.64. The normalized spacial score (nSPS) is 16.8. The molecule has 3 aromatic rings. The summed E-state index contributed by atoms with van der Waals surface area (Å²) in [7, 11) is 33.1. The highest BCUT2D eigenvalue weighted by Gasteiger charge is 2.61. The third-order valence-electron chi connectivity index (χ3n) is 8.33. The van der Waals surface area contributed by atoms with Gasteiger partial charge in [0.15, 0.2) is 0 Å². The van der Waals surface area contributed by atoms with Crippen molar-refractivity contribution in [3.05, 3.63) is 71.8 Å². The van der Waals surface area contributed by atoms with Gasteiger partial charge in [0.1, 0.15) is 24.7 Å². The molecule has 2 atom stereocenters. The van der Waals surface area contributed by atoms with Crippen LogP contribution in [0.4, 0.5) is 0 Å². The highest BCUT2D eigenvalue weighted by Crippen LogP contribution is 2.52. The Bertz CT molecular complexity index is 1200. The maximum Gasteiger partial charge on any atom is 0.255 e. The summed E-state index contributed by atoms with van der Waals surface area (Å²) >= 11 is 0. The summed E-state index contributed by atoms with van der Waals surface area (Å²) in [4.78, 5) is 0. The second-order valence-corrected chi connectivity index (χ2v) is 11.6. The van der Waals surface area contributed by atoms with Gasteiger partial charge in [0, 0.05) is 81.2 Å². The molecule has 0 N–H and O–H groups in total. The number of aryl methyl sites for hydroxylation is 1. The zero-order valence-corrected chi connectivity index (χ0v) is 23.2. The maximum atomic E-state index is 6.44. The quantitative estimate of drug-likeness (QED) is 0.338. The number of imidazole rings is 1. The Morgan fingerprint density at radius 1 is 0.865 bits per heavy atom. The van der Waals surface area contributed by atoms with Crippen molar-refractivity contribution in [3.63, 3.8) is 0 Å². The molecule has 2 heterocycles. The fraction of sp³-hybridized carbons (Fsp3) is 0.400. The summed E-state index contributed by atoms with van der Waals surface area (Å²) in [6.45, 7) is 11.5. The standard InChI is InChI=1S/C25H31B10N2/c1-16(2)21-14-20(19-10-8-7-9-11-19)15-22(17(3)4)24(21)37-13-12-36(6)25(37)23-18(5)31(23)35(33(28)29)34(30)32(26)27/h7-18,23H,1-6H3/q+1. The zero-order valence-electron chi connectivity index (χ0n) is 23.2. The van der Waals surface area contributed by atoms with Crippen LogP contribution in [0.2, 0.25) is 5.82 Å². The molecule has 1 aromatic heterocycles. The minimum atomic E-state index is -0.667. The molecule has 4 rings (SSSR count). The summed E-state index contributed by atoms with van der Waals surface area (Å²) in [5.41, 5.74) is 6.43. The van der Waals surface area contributed by atoms with E-state index in [1.54, 1.807) is 0 Å². The summed E-state index contributed by atoms with van der Waals surface area (Å²) in [5.74, 6) is 2.53. The Balaban J connectivity index is 1.87. The van der Waals surface area contributed by atoms with Crippen LogP contribution in [0.3, 0.4) is 0 Å². The van der Waals surface area contributed by atoms with Gasteiger partial charge in [-0.25, -0.2) is 4.57 Å². The van der Waals surface area contributed by atoms with E-state index < -0.39 is 19.2 Å². The first-order valence-electron chi connectivity index (χ1n) is 13.5. The van der Waals surface area contributed by atoms with E-state index in [0.29, 0.717) is 17.7 Å². The average molecular weight is 468 g/mol. The molecular formula is C25H31B10N2+. The van der Waals surface area contributed by atoms with Crippen LogP contribution >= 0.6 is 0 Å². The summed E-state index contributed by atoms with van der Waals surface area (Å²) in [5, 5.41) is 0. The monoisotopic (exact) mass is 469 g/mol. The van der Waals surface area contributed by atoms with Crippen molar-refractivity contribution in [1.82, 2.24) is 4.57 Å². The third-order valence-corrected chi connectivity index (χ3v) is 8.33. The molecular weight excluding hydrogens is 436 g/mol. The smallest absolute Gasteiger partial charge is 0.237 e. The molecule has 1 saturated heterocycles. The Hall–Kier alpha value is -1.70. The van der Waals surface area contributed by atoms with E-state index in [1.807, 2.05) is 0 Å². The molecule has 37 heavy (non-hydrogen) atoms. The SMILES string of the molecule is [B]B([B])B([B])B(B([B])[B])B1C(C)C1c1n(-c2c(C(C)C)cc(-c3ccccc3)cc2C(C)C)cc[n+]1C. The molecule has 1 fully saturated rings. The van der Waals surface area contributed by atoms with Crippen molar-refractivity contribution in [3.8, 4) is 16.8 Å². The summed E-state index contributed by atoms with van der Waals surface area (Å²) in [6, 6.07) is 15.4. The second kappa shape index (κ2) is 11.2. The van der Waals surface area contributed by atoms with Gasteiger partial charge in [-0.3, -0.25) is 0 Å². The molecule has 2 unspecified atom stereocenters. The van der Waals surface area contributed by atoms with Gasteiger partial charge in [-0.1, -0.05) is 70.8 Å². The second-order valence-electron chi connectivity index (χ2n) is 11.6. The number of hydrogen-bond acceptors (Lipinski definition) is 0. The van der Waals surface area contributed by atoms with Gasteiger partial charge in [-0.15, -0.1) is 0 Å². The van der Waals surface area contributed by atoms with Gasteiger partial charge in [0.05, 0.1) is 7.05 Å². The van der Waals surface area contributed by atoms with Gasteiger partial charge >= 0.3 is 0 Å². The Kier molecular flexibility index (Phi) is 8.56. The first-order chi connectivity index (χ1) is 17.5. The van der Waals surface area contributed by atoms with Crippen molar-refractivity contribution in [2.75, 3.05) is 0 Å². The largest absolute Gasteiger partial charge is 0.255 e. The van der Waals surface area contributed by atoms with E-state index >= 15 is 0 Å². The molecule has 0 amide bonds. The average Bonchev–Trinajstić information content (AvgIpc) is 3.32. The summed E-state index contributed by atoms with van der Waals surface area (Å²) in [6.07, 6.45) is 2.45. The van der Waals surface area contributed by atoms with Crippen LogP contribution in [0.1, 0.15) is 69.2 Å². The highest BCUT2D eigenvalue weighted by molar-refractivity contribution is 8.01. The molecule has 0 bridgehead atoms. The molecule has 1 aliphatic heterocycles. The number of hydrogen-bond donors (Lipinski definition) is 0. The molecule has 2 aromatic carbocycles. The fourth-order valence-electron chi connectivity index (χ4n) is 6.23. The van der Waals surface area contributed by atoms with E-state index in [1.165, 1.54) is 33.8 Å². The minimum Gasteiger partial charge on any atom is -0.237 e. The molecule has 12 heteroatoms. The molecule has 1 aliphatic rings. The van der Waals surface area contributed by atoms with Gasteiger partial charge in [-0.2, -0.15) is 4.57 Å². The van der Waals surface area contributed by atoms with Crippen LogP contribution in [0.15, 0.2) is 54.9 Å². The predicted molar refractivity (Wildman–Crippen MR) is 170 cm³/mol. The van der Waals surface area contributed by atoms with Crippen LogP contribution in [-0.2, 0) is 7.05 Å². The zero-order chi connectivity index (χ0) is 27.2. The van der Waals surface area contributed by atoms with Crippen LogP contribution in [-0.4, -0.2) is 75.4 Å². The van der Waals surface area contributed by atoms with Gasteiger partial charge < -0.3 is 0 Å². The lowest BCUT2D eigenvalue weighted by atomic mass is 8.57. The van der Waals surface area contributed by atoms with Gasteiger partial charge in [-0.05, 0) is 35.1 Å². The van der Waals surface area contributed by atoms with Gasteiger partial charge in [0.2, 0.25) is 0 Å². The molecule has 0 aliphatic carbocycles. The van der Waals surface area contributed by atoms with Gasteiger partial charge in [0.25, 0.3) is 5.82 Å². The van der Waals surface area contributed by atoms with Crippen LogP contribution < -0.4 is 4.57 Å². The number of benzene rings is 2. The number of nitrogens with zero attached hydrogens (tertiary/aromatic N) is 2. The van der Waals surface area contributed by atoms with E-state index in [4.69, 9.17) is 38.7 Å². The first-order valence-corrected chi connectivity index (χ1v) is 13.5. The van der Waals surface area contributed by atoms with Crippen molar-refractivity contribution in [1.29, 1.82) is 0 Å². The lowest BCUT2D eigenvalue weighted by Gasteiger charge is -2.25. The van der Waals surface area contributed by atoms with E-state index in [9.17, 15) is 0 Å². The Labute approximate surface area is 233 Å². The Morgan fingerprint density at radius 2 is 1.43 bits per heavy atom. The lowest BCUT2D eigenvalue weighted by molar-refractivity contribution is -0.678. The van der Waals surface area contributed by atoms with Crippen LogP contribution in [0.5, 0.6) is 0 Å². The minimum absolute atomic E-state index is 0.169. The Morgan fingerprint density at radius 3 is 1.92 bits per heavy atom. The molecule has 0 spiro atoms. The van der Waals surface area contributed by atoms with Crippen molar-refractivity contribution >= 4 is 70.8 Å². The van der Waals surface area contributed by atoms with Crippen LogP contribution in [0, 0.1) is 0 Å².